The molecule has 0 saturated heterocycles. The Morgan fingerprint density at radius 1 is 0.886 bits per heavy atom. The van der Waals surface area contributed by atoms with Gasteiger partial charge in [0.1, 0.15) is 12.2 Å². The van der Waals surface area contributed by atoms with E-state index in [0.717, 1.165) is 12.8 Å². The number of carbonyl (C=O) groups is 3. The first-order valence-electron chi connectivity index (χ1n) is 12.4. The van der Waals surface area contributed by atoms with E-state index in [0.29, 0.717) is 12.8 Å². The molecule has 0 rings (SSSR count). The van der Waals surface area contributed by atoms with Crippen molar-refractivity contribution in [1.29, 1.82) is 0 Å². The number of carbonyl (C=O) groups excluding carboxylic acids is 2. The number of hydrogen-bond donors (Lipinski definition) is 8. The van der Waals surface area contributed by atoms with Gasteiger partial charge in [-0.05, 0) is 46.1 Å². The first-order chi connectivity index (χ1) is 16.2. The quantitative estimate of drug-likeness (QED) is 0.121. The van der Waals surface area contributed by atoms with Crippen LogP contribution in [0.5, 0.6) is 0 Å². The van der Waals surface area contributed by atoms with Gasteiger partial charge in [0, 0.05) is 18.0 Å². The summed E-state index contributed by atoms with van der Waals surface area (Å²) < 4.78 is 0. The molecule has 0 aliphatic rings. The molecule has 8 N–H and O–H groups in total. The van der Waals surface area contributed by atoms with Crippen LogP contribution in [0.15, 0.2) is 0 Å². The second-order valence-electron chi connectivity index (χ2n) is 9.58. The highest BCUT2D eigenvalue weighted by atomic mass is 16.4. The molecule has 0 heterocycles. The summed E-state index contributed by atoms with van der Waals surface area (Å²) in [5.74, 6) is -2.91. The molecule has 206 valence electrons. The van der Waals surface area contributed by atoms with Crippen LogP contribution in [-0.2, 0) is 14.4 Å². The Hall–Kier alpha value is -1.63. The van der Waals surface area contributed by atoms with Gasteiger partial charge in [0.2, 0.25) is 5.91 Å². The van der Waals surface area contributed by atoms with E-state index in [1.807, 2.05) is 34.6 Å². The van der Waals surface area contributed by atoms with Crippen LogP contribution in [0, 0.1) is 5.92 Å². The average molecular weight is 506 g/mol. The van der Waals surface area contributed by atoms with Crippen molar-refractivity contribution in [2.45, 2.75) is 115 Å². The van der Waals surface area contributed by atoms with Gasteiger partial charge in [0.15, 0.2) is 11.9 Å². The van der Waals surface area contributed by atoms with Crippen molar-refractivity contribution in [3.05, 3.63) is 0 Å². The van der Waals surface area contributed by atoms with E-state index in [-0.39, 0.29) is 17.7 Å². The normalized spacial score (nSPS) is 17.7. The Morgan fingerprint density at radius 3 is 1.80 bits per heavy atom. The molecule has 6 atom stereocenters. The SMILES string of the molecule is CCC(C)(CC)NC(CC(C)C(=O)NCC(O)C(O)C(O)C(O)C(=O)O)C(=O)C(CC)(CC)NC. The van der Waals surface area contributed by atoms with Crippen LogP contribution < -0.4 is 16.0 Å². The molecule has 1 amide bonds. The number of rotatable bonds is 18. The van der Waals surface area contributed by atoms with E-state index >= 15 is 0 Å². The molecule has 0 fully saturated rings. The summed E-state index contributed by atoms with van der Waals surface area (Å²) in [4.78, 5) is 37.1. The molecular weight excluding hydrogens is 458 g/mol. The number of hydrogen-bond acceptors (Lipinski definition) is 9. The minimum Gasteiger partial charge on any atom is -0.479 e. The number of aliphatic hydroxyl groups is 4. The Labute approximate surface area is 208 Å². The predicted octanol–water partition coefficient (Wildman–Crippen LogP) is -0.459. The summed E-state index contributed by atoms with van der Waals surface area (Å²) in [6, 6.07) is -0.615. The first kappa shape index (κ1) is 33.4. The van der Waals surface area contributed by atoms with Crippen molar-refractivity contribution in [3.63, 3.8) is 0 Å². The standard InChI is InChI=1S/C24H47N3O8/c1-8-23(6,9-2)27-15(20(32)24(10-3,11-4)25-7)12-14(5)21(33)26-13-16(28)17(29)18(30)19(31)22(34)35/h14-19,25,27-31H,8-13H2,1-7H3,(H,26,33)(H,34,35). The molecule has 35 heavy (non-hydrogen) atoms. The van der Waals surface area contributed by atoms with Gasteiger partial charge in [-0.2, -0.15) is 0 Å². The number of nitrogens with one attached hydrogen (secondary N) is 3. The summed E-state index contributed by atoms with van der Waals surface area (Å²) in [5.41, 5.74) is -1.05. The van der Waals surface area contributed by atoms with Crippen molar-refractivity contribution in [2.75, 3.05) is 13.6 Å². The predicted molar refractivity (Wildman–Crippen MR) is 132 cm³/mol. The number of likely N-dealkylation sites (N-methyl/N-ethyl adjacent to an activating group) is 1. The summed E-state index contributed by atoms with van der Waals surface area (Å²) in [7, 11) is 1.75. The molecule has 0 aromatic rings. The molecule has 0 bridgehead atoms. The van der Waals surface area contributed by atoms with Gasteiger partial charge in [0.25, 0.3) is 0 Å². The number of Topliss-reactive ketones (excluding diaryl/α,β-unsaturated/α-hetero) is 1. The monoisotopic (exact) mass is 505 g/mol. The lowest BCUT2D eigenvalue weighted by molar-refractivity contribution is -0.162. The van der Waals surface area contributed by atoms with Crippen LogP contribution in [0.2, 0.25) is 0 Å². The van der Waals surface area contributed by atoms with Crippen LogP contribution in [-0.4, -0.2) is 98.3 Å². The van der Waals surface area contributed by atoms with Gasteiger partial charge in [-0.3, -0.25) is 9.59 Å². The van der Waals surface area contributed by atoms with Gasteiger partial charge in [-0.15, -0.1) is 0 Å². The molecule has 0 radical (unpaired) electrons. The largest absolute Gasteiger partial charge is 0.479 e. The molecule has 0 aliphatic heterocycles. The van der Waals surface area contributed by atoms with Crippen LogP contribution in [0.25, 0.3) is 0 Å². The zero-order valence-corrected chi connectivity index (χ0v) is 22.2. The Bertz CT molecular complexity index is 673. The van der Waals surface area contributed by atoms with E-state index in [1.54, 1.807) is 14.0 Å². The fourth-order valence-electron chi connectivity index (χ4n) is 4.04. The Morgan fingerprint density at radius 2 is 1.40 bits per heavy atom. The minimum atomic E-state index is -2.29. The molecule has 0 aliphatic carbocycles. The smallest absolute Gasteiger partial charge is 0.335 e. The number of amides is 1. The highest BCUT2D eigenvalue weighted by molar-refractivity contribution is 5.93. The lowest BCUT2D eigenvalue weighted by Crippen LogP contribution is -2.61. The highest BCUT2D eigenvalue weighted by Gasteiger charge is 2.41. The van der Waals surface area contributed by atoms with Crippen molar-refractivity contribution >= 4 is 17.7 Å². The molecular formula is C24H47N3O8. The number of carboxylic acid groups (broad SMARTS) is 1. The molecule has 11 heteroatoms. The second-order valence-corrected chi connectivity index (χ2v) is 9.58. The molecule has 0 aromatic carbocycles. The summed E-state index contributed by atoms with van der Waals surface area (Å²) in [6.45, 7) is 11.1. The van der Waals surface area contributed by atoms with Gasteiger partial charge < -0.3 is 41.5 Å². The average Bonchev–Trinajstić information content (AvgIpc) is 2.85. The third-order valence-electron chi connectivity index (χ3n) is 7.40. The lowest BCUT2D eigenvalue weighted by Gasteiger charge is -2.39. The maximum Gasteiger partial charge on any atom is 0.335 e. The summed E-state index contributed by atoms with van der Waals surface area (Å²) >= 11 is 0. The van der Waals surface area contributed by atoms with E-state index < -0.39 is 60.3 Å². The lowest BCUT2D eigenvalue weighted by atomic mass is 9.80. The zero-order valence-electron chi connectivity index (χ0n) is 22.2. The second kappa shape index (κ2) is 14.8. The van der Waals surface area contributed by atoms with E-state index in [9.17, 15) is 34.8 Å². The minimum absolute atomic E-state index is 0.0287. The van der Waals surface area contributed by atoms with Crippen LogP contribution in [0.4, 0.5) is 0 Å². The van der Waals surface area contributed by atoms with Gasteiger partial charge >= 0.3 is 5.97 Å². The van der Waals surface area contributed by atoms with Crippen molar-refractivity contribution < 1.29 is 39.9 Å². The number of aliphatic hydroxyl groups excluding tert-OH is 4. The summed E-state index contributed by atoms with van der Waals surface area (Å²) in [5, 5.41) is 56.8. The molecule has 0 saturated carbocycles. The van der Waals surface area contributed by atoms with Crippen molar-refractivity contribution in [1.82, 2.24) is 16.0 Å². The fraction of sp³-hybridized carbons (Fsp3) is 0.875. The van der Waals surface area contributed by atoms with E-state index in [4.69, 9.17) is 5.11 Å². The maximum atomic E-state index is 13.6. The van der Waals surface area contributed by atoms with Crippen molar-refractivity contribution in [3.8, 4) is 0 Å². The summed E-state index contributed by atoms with van der Waals surface area (Å²) in [6.07, 6.45) is -5.20. The zero-order chi connectivity index (χ0) is 27.6. The van der Waals surface area contributed by atoms with Gasteiger partial charge in [-0.1, -0.05) is 34.6 Å². The maximum absolute atomic E-state index is 13.6. The fourth-order valence-corrected chi connectivity index (χ4v) is 4.04. The number of aliphatic carboxylic acids is 1. The molecule has 11 nitrogen and oxygen atoms in total. The number of ketones is 1. The van der Waals surface area contributed by atoms with Gasteiger partial charge in [-0.25, -0.2) is 4.79 Å². The topological polar surface area (TPSA) is 188 Å². The third kappa shape index (κ3) is 9.07. The highest BCUT2D eigenvalue weighted by Crippen LogP contribution is 2.24. The van der Waals surface area contributed by atoms with Gasteiger partial charge in [0.05, 0.1) is 17.7 Å². The first-order valence-corrected chi connectivity index (χ1v) is 12.4. The molecule has 6 unspecified atom stereocenters. The van der Waals surface area contributed by atoms with Crippen LogP contribution >= 0.6 is 0 Å². The van der Waals surface area contributed by atoms with Crippen LogP contribution in [0.3, 0.4) is 0 Å². The Kier molecular flexibility index (Phi) is 14.1. The molecule has 0 spiro atoms. The third-order valence-corrected chi connectivity index (χ3v) is 7.40. The number of carboxylic acids is 1. The molecule has 0 aromatic heterocycles. The van der Waals surface area contributed by atoms with E-state index in [2.05, 4.69) is 16.0 Å². The van der Waals surface area contributed by atoms with E-state index in [1.165, 1.54) is 0 Å². The Balaban J connectivity index is 5.47. The van der Waals surface area contributed by atoms with Crippen LogP contribution in [0.1, 0.15) is 73.6 Å². The van der Waals surface area contributed by atoms with Crippen molar-refractivity contribution in [2.24, 2.45) is 5.92 Å².